The van der Waals surface area contributed by atoms with Gasteiger partial charge in [0.1, 0.15) is 5.69 Å². The van der Waals surface area contributed by atoms with Gasteiger partial charge in [-0.05, 0) is 19.3 Å². The Kier molecular flexibility index (Phi) is 4.76. The van der Waals surface area contributed by atoms with Crippen molar-refractivity contribution in [2.75, 3.05) is 11.9 Å². The van der Waals surface area contributed by atoms with Crippen LogP contribution in [0.15, 0.2) is 6.20 Å². The second-order valence-electron chi connectivity index (χ2n) is 6.46. The van der Waals surface area contributed by atoms with Gasteiger partial charge in [0.25, 0.3) is 5.91 Å². The standard InChI is InChI=1S/C16H22N4O5/c1-3-6-17-15(22)13-8(7-18-20(13)2)19-14(21)11-9-4-5-10(25-9)12(11)16(23)24/h7,9-12H,3-6H2,1-2H3,(H,17,22)(H,19,21)(H,23,24)/t9-,10+,11-,12+/m1/s1. The average Bonchev–Trinajstić information content (AvgIpc) is 3.26. The molecule has 4 atom stereocenters. The molecule has 2 bridgehead atoms. The largest absolute Gasteiger partial charge is 0.481 e. The van der Waals surface area contributed by atoms with Crippen LogP contribution in [0.25, 0.3) is 0 Å². The number of ether oxygens (including phenoxy) is 1. The number of fused-ring (bicyclic) bond motifs is 2. The molecule has 9 heteroatoms. The lowest BCUT2D eigenvalue weighted by Gasteiger charge is -2.23. The predicted octanol–water partition coefficient (Wildman–Crippen LogP) is 0.377. The van der Waals surface area contributed by atoms with E-state index in [9.17, 15) is 19.5 Å². The highest BCUT2D eigenvalue weighted by Gasteiger charge is 2.55. The molecule has 0 unspecified atom stereocenters. The molecule has 2 fully saturated rings. The van der Waals surface area contributed by atoms with E-state index in [0.29, 0.717) is 19.4 Å². The molecule has 9 nitrogen and oxygen atoms in total. The Morgan fingerprint density at radius 1 is 1.32 bits per heavy atom. The van der Waals surface area contributed by atoms with Crippen molar-refractivity contribution in [2.24, 2.45) is 18.9 Å². The van der Waals surface area contributed by atoms with E-state index in [-0.39, 0.29) is 23.4 Å². The van der Waals surface area contributed by atoms with E-state index in [1.807, 2.05) is 6.92 Å². The number of aryl methyl sites for hydroxylation is 1. The smallest absolute Gasteiger partial charge is 0.310 e. The molecule has 0 spiro atoms. The molecule has 136 valence electrons. The molecule has 2 amide bonds. The summed E-state index contributed by atoms with van der Waals surface area (Å²) < 4.78 is 6.99. The van der Waals surface area contributed by atoms with Crippen LogP contribution in [-0.4, -0.2) is 51.4 Å². The zero-order valence-corrected chi connectivity index (χ0v) is 14.2. The predicted molar refractivity (Wildman–Crippen MR) is 87.0 cm³/mol. The number of hydrogen-bond acceptors (Lipinski definition) is 5. The van der Waals surface area contributed by atoms with Crippen LogP contribution in [0.1, 0.15) is 36.7 Å². The fourth-order valence-corrected chi connectivity index (χ4v) is 3.66. The monoisotopic (exact) mass is 350 g/mol. The van der Waals surface area contributed by atoms with E-state index in [1.54, 1.807) is 7.05 Å². The Bertz CT molecular complexity index is 701. The Labute approximate surface area is 144 Å². The van der Waals surface area contributed by atoms with Crippen molar-refractivity contribution < 1.29 is 24.2 Å². The van der Waals surface area contributed by atoms with Crippen molar-refractivity contribution in [2.45, 2.75) is 38.4 Å². The molecule has 25 heavy (non-hydrogen) atoms. The normalized spacial score (nSPS) is 27.3. The minimum absolute atomic E-state index is 0.234. The number of carbonyl (C=O) groups is 3. The third-order valence-electron chi connectivity index (χ3n) is 4.81. The van der Waals surface area contributed by atoms with E-state index < -0.39 is 29.8 Å². The molecule has 0 radical (unpaired) electrons. The highest BCUT2D eigenvalue weighted by Crippen LogP contribution is 2.44. The average molecular weight is 350 g/mol. The number of carbonyl (C=O) groups excluding carboxylic acids is 2. The Balaban J connectivity index is 1.77. The molecule has 0 aromatic carbocycles. The maximum Gasteiger partial charge on any atom is 0.310 e. The summed E-state index contributed by atoms with van der Waals surface area (Å²) in [5.74, 6) is -3.43. The molecule has 2 aliphatic heterocycles. The van der Waals surface area contributed by atoms with Crippen molar-refractivity contribution in [3.63, 3.8) is 0 Å². The maximum absolute atomic E-state index is 12.7. The number of aromatic nitrogens is 2. The van der Waals surface area contributed by atoms with E-state index in [2.05, 4.69) is 15.7 Å². The van der Waals surface area contributed by atoms with Crippen molar-refractivity contribution in [3.05, 3.63) is 11.9 Å². The van der Waals surface area contributed by atoms with E-state index in [4.69, 9.17) is 4.74 Å². The summed E-state index contributed by atoms with van der Waals surface area (Å²) in [6, 6.07) is 0. The number of nitrogens with zero attached hydrogens (tertiary/aromatic N) is 2. The molecule has 3 rings (SSSR count). The first-order valence-electron chi connectivity index (χ1n) is 8.43. The van der Waals surface area contributed by atoms with Crippen molar-refractivity contribution in [1.82, 2.24) is 15.1 Å². The zero-order valence-electron chi connectivity index (χ0n) is 14.2. The topological polar surface area (TPSA) is 123 Å². The molecule has 3 N–H and O–H groups in total. The second-order valence-corrected chi connectivity index (χ2v) is 6.46. The lowest BCUT2D eigenvalue weighted by Crippen LogP contribution is -2.41. The summed E-state index contributed by atoms with van der Waals surface area (Å²) in [7, 11) is 1.61. The van der Waals surface area contributed by atoms with Gasteiger partial charge in [0, 0.05) is 13.6 Å². The summed E-state index contributed by atoms with van der Waals surface area (Å²) in [6.45, 7) is 2.45. The maximum atomic E-state index is 12.7. The van der Waals surface area contributed by atoms with Crippen LogP contribution in [0, 0.1) is 11.8 Å². The molecular weight excluding hydrogens is 328 g/mol. The summed E-state index contributed by atoms with van der Waals surface area (Å²) >= 11 is 0. The molecular formula is C16H22N4O5. The quantitative estimate of drug-likeness (QED) is 0.681. The fraction of sp³-hybridized carbons (Fsp3) is 0.625. The van der Waals surface area contributed by atoms with Gasteiger partial charge in [-0.3, -0.25) is 19.1 Å². The first kappa shape index (κ1) is 17.4. The van der Waals surface area contributed by atoms with Crippen LogP contribution >= 0.6 is 0 Å². The first-order valence-corrected chi connectivity index (χ1v) is 8.43. The molecule has 2 saturated heterocycles. The molecule has 1 aromatic rings. The number of hydrogen-bond donors (Lipinski definition) is 3. The van der Waals surface area contributed by atoms with Crippen LogP contribution < -0.4 is 10.6 Å². The number of anilines is 1. The molecule has 3 heterocycles. The third kappa shape index (κ3) is 3.11. The summed E-state index contributed by atoms with van der Waals surface area (Å²) in [6.07, 6.45) is 2.70. The van der Waals surface area contributed by atoms with E-state index in [1.165, 1.54) is 10.9 Å². The van der Waals surface area contributed by atoms with Crippen LogP contribution in [0.4, 0.5) is 5.69 Å². The number of rotatable bonds is 6. The van der Waals surface area contributed by atoms with Crippen LogP contribution in [0.2, 0.25) is 0 Å². The zero-order chi connectivity index (χ0) is 18.1. The number of carboxylic acid groups (broad SMARTS) is 1. The van der Waals surface area contributed by atoms with Gasteiger partial charge in [-0.25, -0.2) is 0 Å². The SMILES string of the molecule is CCCNC(=O)c1c(NC(=O)[C@H]2[C@@H](C(=O)O)[C@@H]3CC[C@H]2O3)cnn1C. The number of carboxylic acids is 1. The fourth-order valence-electron chi connectivity index (χ4n) is 3.66. The van der Waals surface area contributed by atoms with Crippen LogP contribution in [-0.2, 0) is 21.4 Å². The van der Waals surface area contributed by atoms with Gasteiger partial charge < -0.3 is 20.5 Å². The number of amides is 2. The summed E-state index contributed by atoms with van der Waals surface area (Å²) in [4.78, 5) is 36.5. The van der Waals surface area contributed by atoms with Gasteiger partial charge in [-0.2, -0.15) is 5.10 Å². The second kappa shape index (κ2) is 6.83. The highest BCUT2D eigenvalue weighted by molar-refractivity contribution is 6.03. The number of nitrogens with one attached hydrogen (secondary N) is 2. The van der Waals surface area contributed by atoms with Gasteiger partial charge in [-0.15, -0.1) is 0 Å². The van der Waals surface area contributed by atoms with Crippen LogP contribution in [0.5, 0.6) is 0 Å². The molecule has 1 aromatic heterocycles. The van der Waals surface area contributed by atoms with Gasteiger partial charge in [0.15, 0.2) is 0 Å². The van der Waals surface area contributed by atoms with Gasteiger partial charge in [-0.1, -0.05) is 6.92 Å². The Hall–Kier alpha value is -2.42. The minimum Gasteiger partial charge on any atom is -0.481 e. The number of aliphatic carboxylic acids is 1. The Morgan fingerprint density at radius 2 is 2.00 bits per heavy atom. The van der Waals surface area contributed by atoms with Gasteiger partial charge >= 0.3 is 5.97 Å². The van der Waals surface area contributed by atoms with E-state index >= 15 is 0 Å². The summed E-state index contributed by atoms with van der Waals surface area (Å²) in [5, 5.41) is 18.9. The van der Waals surface area contributed by atoms with Gasteiger partial charge in [0.05, 0.1) is 35.9 Å². The molecule has 0 aliphatic carbocycles. The van der Waals surface area contributed by atoms with E-state index in [0.717, 1.165) is 6.42 Å². The first-order chi connectivity index (χ1) is 11.9. The lowest BCUT2D eigenvalue weighted by molar-refractivity contribution is -0.147. The molecule has 0 saturated carbocycles. The van der Waals surface area contributed by atoms with Gasteiger partial charge in [0.2, 0.25) is 5.91 Å². The molecule has 2 aliphatic rings. The van der Waals surface area contributed by atoms with Crippen molar-refractivity contribution in [3.8, 4) is 0 Å². The lowest BCUT2D eigenvalue weighted by atomic mass is 9.78. The van der Waals surface area contributed by atoms with Crippen molar-refractivity contribution in [1.29, 1.82) is 0 Å². The highest BCUT2D eigenvalue weighted by atomic mass is 16.5. The van der Waals surface area contributed by atoms with Crippen molar-refractivity contribution >= 4 is 23.5 Å². The Morgan fingerprint density at radius 3 is 2.64 bits per heavy atom. The summed E-state index contributed by atoms with van der Waals surface area (Å²) in [5.41, 5.74) is 0.505. The third-order valence-corrected chi connectivity index (χ3v) is 4.81. The van der Waals surface area contributed by atoms with Crippen LogP contribution in [0.3, 0.4) is 0 Å². The minimum atomic E-state index is -1.03.